The van der Waals surface area contributed by atoms with Crippen molar-refractivity contribution in [1.82, 2.24) is 10.6 Å². The monoisotopic (exact) mass is 266 g/mol. The number of carbonyl (C=O) groups excluding carboxylic acids is 1. The van der Waals surface area contributed by atoms with E-state index in [0.717, 1.165) is 32.4 Å². The molecule has 1 atom stereocenters. The van der Waals surface area contributed by atoms with Crippen molar-refractivity contribution < 1.29 is 4.79 Å². The maximum atomic E-state index is 12.4. The highest BCUT2D eigenvalue weighted by atomic mass is 32.1. The van der Waals surface area contributed by atoms with Crippen LogP contribution in [0.2, 0.25) is 0 Å². The van der Waals surface area contributed by atoms with Crippen LogP contribution in [0.15, 0.2) is 12.1 Å². The molecular weight excluding hydrogens is 244 g/mol. The number of hydrogen-bond donors (Lipinski definition) is 2. The van der Waals surface area contributed by atoms with Gasteiger partial charge in [0.2, 0.25) is 5.91 Å². The number of carbonyl (C=O) groups is 1. The molecule has 1 fully saturated rings. The summed E-state index contributed by atoms with van der Waals surface area (Å²) in [5, 5.41) is 6.43. The Hall–Kier alpha value is -0.870. The summed E-state index contributed by atoms with van der Waals surface area (Å²) >= 11 is 1.75. The summed E-state index contributed by atoms with van der Waals surface area (Å²) in [4.78, 5) is 14.9. The number of rotatable bonds is 5. The van der Waals surface area contributed by atoms with Crippen molar-refractivity contribution in [2.75, 3.05) is 13.1 Å². The molecule has 1 unspecified atom stereocenters. The Morgan fingerprint density at radius 3 is 2.94 bits per heavy atom. The summed E-state index contributed by atoms with van der Waals surface area (Å²) in [6, 6.07) is 4.20. The predicted octanol–water partition coefficient (Wildman–Crippen LogP) is 2.45. The summed E-state index contributed by atoms with van der Waals surface area (Å²) in [6.07, 6.45) is 3.01. The zero-order valence-corrected chi connectivity index (χ0v) is 12.0. The van der Waals surface area contributed by atoms with E-state index in [1.54, 1.807) is 11.3 Å². The molecule has 0 spiro atoms. The molecule has 1 saturated heterocycles. The maximum absolute atomic E-state index is 12.4. The van der Waals surface area contributed by atoms with Gasteiger partial charge in [0.15, 0.2) is 0 Å². The van der Waals surface area contributed by atoms with Gasteiger partial charge in [-0.3, -0.25) is 4.79 Å². The molecule has 4 heteroatoms. The molecule has 18 heavy (non-hydrogen) atoms. The van der Waals surface area contributed by atoms with Crippen LogP contribution in [-0.4, -0.2) is 19.0 Å². The molecule has 1 aromatic rings. The number of hydrogen-bond acceptors (Lipinski definition) is 3. The average Bonchev–Trinajstić information content (AvgIpc) is 2.97. The fourth-order valence-corrected chi connectivity index (χ4v) is 3.51. The molecule has 100 valence electrons. The third kappa shape index (κ3) is 2.93. The first kappa shape index (κ1) is 13.6. The minimum Gasteiger partial charge on any atom is -0.351 e. The minimum absolute atomic E-state index is 0.166. The summed E-state index contributed by atoms with van der Waals surface area (Å²) in [5.41, 5.74) is -0.166. The molecule has 3 nitrogen and oxygen atoms in total. The summed E-state index contributed by atoms with van der Waals surface area (Å²) in [5.74, 6) is 0.223. The van der Waals surface area contributed by atoms with Crippen LogP contribution < -0.4 is 10.6 Å². The van der Waals surface area contributed by atoms with Gasteiger partial charge in [0.05, 0.1) is 12.0 Å². The molecule has 2 N–H and O–H groups in total. The van der Waals surface area contributed by atoms with Gasteiger partial charge in [-0.25, -0.2) is 0 Å². The molecule has 1 aliphatic rings. The van der Waals surface area contributed by atoms with Crippen molar-refractivity contribution >= 4 is 17.2 Å². The van der Waals surface area contributed by atoms with E-state index in [-0.39, 0.29) is 11.3 Å². The lowest BCUT2D eigenvalue weighted by Gasteiger charge is -2.26. The van der Waals surface area contributed by atoms with Crippen molar-refractivity contribution in [1.29, 1.82) is 0 Å². The second-order valence-electron chi connectivity index (χ2n) is 5.15. The molecule has 0 aliphatic carbocycles. The SMILES string of the molecule is CCCC1(C(=O)NCc2ccc(C)s2)CCNC1. The molecule has 1 aromatic heterocycles. The van der Waals surface area contributed by atoms with Gasteiger partial charge in [0, 0.05) is 16.3 Å². The van der Waals surface area contributed by atoms with E-state index in [2.05, 4.69) is 36.6 Å². The van der Waals surface area contributed by atoms with Gasteiger partial charge >= 0.3 is 0 Å². The van der Waals surface area contributed by atoms with Gasteiger partial charge in [0.1, 0.15) is 0 Å². The highest BCUT2D eigenvalue weighted by molar-refractivity contribution is 7.11. The first-order valence-electron chi connectivity index (χ1n) is 6.71. The van der Waals surface area contributed by atoms with E-state index in [4.69, 9.17) is 0 Å². The summed E-state index contributed by atoms with van der Waals surface area (Å²) < 4.78 is 0. The van der Waals surface area contributed by atoms with E-state index in [9.17, 15) is 4.79 Å². The second-order valence-corrected chi connectivity index (χ2v) is 6.52. The topological polar surface area (TPSA) is 41.1 Å². The van der Waals surface area contributed by atoms with Gasteiger partial charge in [-0.1, -0.05) is 13.3 Å². The van der Waals surface area contributed by atoms with Crippen molar-refractivity contribution in [3.05, 3.63) is 21.9 Å². The van der Waals surface area contributed by atoms with Crippen LogP contribution in [0.25, 0.3) is 0 Å². The molecule has 0 bridgehead atoms. The van der Waals surface area contributed by atoms with Gasteiger partial charge in [-0.2, -0.15) is 0 Å². The molecule has 1 amide bonds. The van der Waals surface area contributed by atoms with Crippen LogP contribution in [0.3, 0.4) is 0 Å². The van der Waals surface area contributed by atoms with Crippen molar-refractivity contribution in [2.45, 2.75) is 39.7 Å². The predicted molar refractivity (Wildman–Crippen MR) is 75.7 cm³/mol. The lowest BCUT2D eigenvalue weighted by atomic mass is 9.81. The van der Waals surface area contributed by atoms with Crippen molar-refractivity contribution in [3.8, 4) is 0 Å². The van der Waals surface area contributed by atoms with E-state index < -0.39 is 0 Å². The van der Waals surface area contributed by atoms with E-state index in [0.29, 0.717) is 6.54 Å². The van der Waals surface area contributed by atoms with Gasteiger partial charge in [0.25, 0.3) is 0 Å². The zero-order chi connectivity index (χ0) is 13.0. The third-order valence-corrected chi connectivity index (χ3v) is 4.67. The zero-order valence-electron chi connectivity index (χ0n) is 11.2. The fraction of sp³-hybridized carbons (Fsp3) is 0.643. The Morgan fingerprint density at radius 1 is 1.56 bits per heavy atom. The molecule has 0 aromatic carbocycles. The van der Waals surface area contributed by atoms with Crippen LogP contribution in [0.5, 0.6) is 0 Å². The summed E-state index contributed by atoms with van der Waals surface area (Å²) in [6.45, 7) is 6.70. The Kier molecular flexibility index (Phi) is 4.40. The van der Waals surface area contributed by atoms with E-state index >= 15 is 0 Å². The maximum Gasteiger partial charge on any atom is 0.227 e. The average molecular weight is 266 g/mol. The largest absolute Gasteiger partial charge is 0.351 e. The molecule has 2 rings (SSSR count). The van der Waals surface area contributed by atoms with Crippen LogP contribution >= 0.6 is 11.3 Å². The Balaban J connectivity index is 1.93. The van der Waals surface area contributed by atoms with E-state index in [1.807, 2.05) is 0 Å². The highest BCUT2D eigenvalue weighted by Crippen LogP contribution is 2.31. The number of amides is 1. The van der Waals surface area contributed by atoms with Crippen LogP contribution in [-0.2, 0) is 11.3 Å². The van der Waals surface area contributed by atoms with Gasteiger partial charge in [-0.15, -0.1) is 11.3 Å². The standard InChI is InChI=1S/C14H22N2OS/c1-3-6-14(7-8-15-10-14)13(17)16-9-12-5-4-11(2)18-12/h4-5,15H,3,6-10H2,1-2H3,(H,16,17). The van der Waals surface area contributed by atoms with E-state index in [1.165, 1.54) is 9.75 Å². The lowest BCUT2D eigenvalue weighted by molar-refractivity contribution is -0.130. The number of thiophene rings is 1. The second kappa shape index (κ2) is 5.85. The smallest absolute Gasteiger partial charge is 0.227 e. The molecular formula is C14H22N2OS. The number of nitrogens with one attached hydrogen (secondary N) is 2. The van der Waals surface area contributed by atoms with Crippen molar-refractivity contribution in [2.24, 2.45) is 5.41 Å². The lowest BCUT2D eigenvalue weighted by Crippen LogP contribution is -2.42. The summed E-state index contributed by atoms with van der Waals surface area (Å²) in [7, 11) is 0. The molecule has 1 aliphatic heterocycles. The first-order chi connectivity index (χ1) is 8.66. The highest BCUT2D eigenvalue weighted by Gasteiger charge is 2.39. The van der Waals surface area contributed by atoms with Crippen LogP contribution in [0.1, 0.15) is 35.9 Å². The fourth-order valence-electron chi connectivity index (χ4n) is 2.68. The molecule has 0 radical (unpaired) electrons. The van der Waals surface area contributed by atoms with Crippen molar-refractivity contribution in [3.63, 3.8) is 0 Å². The normalized spacial score (nSPS) is 23.2. The van der Waals surface area contributed by atoms with Crippen LogP contribution in [0, 0.1) is 12.3 Å². The Labute approximate surface area is 113 Å². The molecule has 2 heterocycles. The quantitative estimate of drug-likeness (QED) is 0.859. The minimum atomic E-state index is -0.166. The Bertz CT molecular complexity index is 408. The van der Waals surface area contributed by atoms with Crippen LogP contribution in [0.4, 0.5) is 0 Å². The molecule has 0 saturated carbocycles. The Morgan fingerprint density at radius 2 is 2.39 bits per heavy atom. The van der Waals surface area contributed by atoms with Gasteiger partial charge in [-0.05, 0) is 38.4 Å². The first-order valence-corrected chi connectivity index (χ1v) is 7.52. The third-order valence-electron chi connectivity index (χ3n) is 3.67. The number of aryl methyl sites for hydroxylation is 1. The van der Waals surface area contributed by atoms with Gasteiger partial charge < -0.3 is 10.6 Å².